The summed E-state index contributed by atoms with van der Waals surface area (Å²) in [7, 11) is 0. The van der Waals surface area contributed by atoms with E-state index in [1.807, 2.05) is 24.3 Å². The smallest absolute Gasteiger partial charge is 0.303 e. The van der Waals surface area contributed by atoms with Crippen LogP contribution in [0.15, 0.2) is 38.6 Å². The molecule has 5 atom stereocenters. The molecular weight excluding hydrogens is 524 g/mol. The summed E-state index contributed by atoms with van der Waals surface area (Å²) in [6.07, 6.45) is 9.39. The number of allylic oxidation sites excluding steroid dienone is 2. The third-order valence-corrected chi connectivity index (χ3v) is 8.51. The van der Waals surface area contributed by atoms with Crippen LogP contribution in [-0.2, 0) is 11.2 Å². The van der Waals surface area contributed by atoms with Gasteiger partial charge in [0.1, 0.15) is 0 Å². The first-order valence-electron chi connectivity index (χ1n) is 9.81. The molecule has 1 aromatic heterocycles. The predicted molar refractivity (Wildman–Crippen MR) is 122 cm³/mol. The van der Waals surface area contributed by atoms with Gasteiger partial charge in [0.2, 0.25) is 0 Å². The van der Waals surface area contributed by atoms with Gasteiger partial charge in [-0.15, -0.1) is 11.3 Å². The van der Waals surface area contributed by atoms with Crippen molar-refractivity contribution in [1.29, 1.82) is 0 Å². The molecule has 1 heterocycles. The molecule has 4 N–H and O–H groups in total. The summed E-state index contributed by atoms with van der Waals surface area (Å²) >= 11 is 8.57. The first kappa shape index (κ1) is 24.8. The maximum atomic E-state index is 10.5. The van der Waals surface area contributed by atoms with Crippen molar-refractivity contribution in [2.75, 3.05) is 0 Å². The minimum Gasteiger partial charge on any atom is -0.481 e. The molecule has 2 rings (SSSR count). The first-order chi connectivity index (χ1) is 13.8. The lowest BCUT2D eigenvalue weighted by Gasteiger charge is -2.19. The number of carboxylic acids is 1. The van der Waals surface area contributed by atoms with Gasteiger partial charge in [-0.05, 0) is 75.9 Å². The van der Waals surface area contributed by atoms with E-state index in [1.54, 1.807) is 17.4 Å². The number of thiophene rings is 1. The van der Waals surface area contributed by atoms with Crippen molar-refractivity contribution in [3.63, 3.8) is 0 Å². The van der Waals surface area contributed by atoms with Crippen LogP contribution in [0.5, 0.6) is 0 Å². The Labute approximate surface area is 192 Å². The lowest BCUT2D eigenvalue weighted by molar-refractivity contribution is -0.137. The third kappa shape index (κ3) is 8.26. The van der Waals surface area contributed by atoms with Gasteiger partial charge < -0.3 is 20.4 Å². The highest BCUT2D eigenvalue weighted by Crippen LogP contribution is 2.36. The SMILES string of the molecule is O=C(O)CCC/C=C/CC1C(O)CC(O)C1/C=C/C(O)CCc1cc(Br)c(Br)s1. The molecule has 8 heteroatoms. The minimum atomic E-state index is -0.796. The Morgan fingerprint density at radius 1 is 1.28 bits per heavy atom. The standard InChI is InChI=1S/C21H28Br2O5S/c22-17-11-14(29-21(17)23)9-7-13(24)8-10-16-15(18(25)12-19(16)26)5-3-1-2-4-6-20(27)28/h1,3,8,10-11,13,15-16,18-19,24-26H,2,4-7,9,12H2,(H,27,28)/b3-1+,10-8+. The number of hydrogen-bond acceptors (Lipinski definition) is 5. The Hall–Kier alpha value is -0.510. The van der Waals surface area contributed by atoms with Gasteiger partial charge in [0.05, 0.1) is 22.1 Å². The summed E-state index contributed by atoms with van der Waals surface area (Å²) in [5.74, 6) is -1.10. The van der Waals surface area contributed by atoms with Gasteiger partial charge in [-0.3, -0.25) is 4.79 Å². The van der Waals surface area contributed by atoms with E-state index in [1.165, 1.54) is 4.88 Å². The molecule has 1 saturated carbocycles. The number of aliphatic hydroxyl groups is 3. The second-order valence-electron chi connectivity index (χ2n) is 7.43. The van der Waals surface area contributed by atoms with Gasteiger partial charge in [-0.1, -0.05) is 24.3 Å². The largest absolute Gasteiger partial charge is 0.481 e. The maximum absolute atomic E-state index is 10.5. The van der Waals surface area contributed by atoms with Crippen LogP contribution in [-0.4, -0.2) is 44.7 Å². The maximum Gasteiger partial charge on any atom is 0.303 e. The van der Waals surface area contributed by atoms with Crippen molar-refractivity contribution in [1.82, 2.24) is 0 Å². The van der Waals surface area contributed by atoms with Crippen LogP contribution >= 0.6 is 43.2 Å². The average molecular weight is 552 g/mol. The van der Waals surface area contributed by atoms with Crippen molar-refractivity contribution < 1.29 is 25.2 Å². The number of carboxylic acid groups (broad SMARTS) is 1. The van der Waals surface area contributed by atoms with Crippen LogP contribution < -0.4 is 0 Å². The Morgan fingerprint density at radius 3 is 2.69 bits per heavy atom. The highest BCUT2D eigenvalue weighted by molar-refractivity contribution is 9.13. The van der Waals surface area contributed by atoms with Gasteiger partial charge in [0.15, 0.2) is 0 Å². The number of halogens is 2. The molecule has 0 aromatic carbocycles. The van der Waals surface area contributed by atoms with Crippen molar-refractivity contribution >= 4 is 49.2 Å². The molecule has 0 radical (unpaired) electrons. The number of aliphatic carboxylic acids is 1. The molecular formula is C21H28Br2O5S. The van der Waals surface area contributed by atoms with Crippen LogP contribution in [0.1, 0.15) is 43.4 Å². The highest BCUT2D eigenvalue weighted by Gasteiger charge is 2.39. The van der Waals surface area contributed by atoms with Crippen LogP contribution in [0, 0.1) is 11.8 Å². The highest BCUT2D eigenvalue weighted by atomic mass is 79.9. The monoisotopic (exact) mass is 550 g/mol. The second-order valence-corrected chi connectivity index (χ2v) is 10.7. The molecule has 0 amide bonds. The number of carbonyl (C=O) groups is 1. The molecule has 5 nitrogen and oxygen atoms in total. The van der Waals surface area contributed by atoms with E-state index in [9.17, 15) is 20.1 Å². The topological polar surface area (TPSA) is 98.0 Å². The fourth-order valence-electron chi connectivity index (χ4n) is 3.61. The molecule has 0 bridgehead atoms. The van der Waals surface area contributed by atoms with E-state index in [0.29, 0.717) is 32.1 Å². The van der Waals surface area contributed by atoms with Gasteiger partial charge in [-0.2, -0.15) is 0 Å². The quantitative estimate of drug-likeness (QED) is 0.236. The summed E-state index contributed by atoms with van der Waals surface area (Å²) in [6, 6.07) is 2.04. The van der Waals surface area contributed by atoms with Crippen molar-refractivity contribution in [3.8, 4) is 0 Å². The molecule has 5 unspecified atom stereocenters. The first-order valence-corrected chi connectivity index (χ1v) is 12.2. The molecule has 0 saturated heterocycles. The van der Waals surface area contributed by atoms with Gasteiger partial charge in [0, 0.05) is 28.1 Å². The zero-order valence-electron chi connectivity index (χ0n) is 16.1. The molecule has 1 aromatic rings. The molecule has 0 aliphatic heterocycles. The Bertz CT molecular complexity index is 698. The molecule has 0 spiro atoms. The normalized spacial score (nSPS) is 26.0. The summed E-state index contributed by atoms with van der Waals surface area (Å²) in [4.78, 5) is 11.7. The van der Waals surface area contributed by atoms with Crippen LogP contribution in [0.25, 0.3) is 0 Å². The van der Waals surface area contributed by atoms with Crippen LogP contribution in [0.2, 0.25) is 0 Å². The fourth-order valence-corrected chi connectivity index (χ4v) is 5.80. The van der Waals surface area contributed by atoms with Crippen molar-refractivity contribution in [2.45, 2.75) is 63.3 Å². The van der Waals surface area contributed by atoms with E-state index >= 15 is 0 Å². The number of hydrogen-bond donors (Lipinski definition) is 4. The lowest BCUT2D eigenvalue weighted by Crippen LogP contribution is -2.20. The molecule has 1 aliphatic rings. The van der Waals surface area contributed by atoms with Crippen molar-refractivity contribution in [3.05, 3.63) is 43.5 Å². The predicted octanol–water partition coefficient (Wildman–Crippen LogP) is 4.68. The average Bonchev–Trinajstić information content (AvgIpc) is 3.11. The Balaban J connectivity index is 1.83. The van der Waals surface area contributed by atoms with Crippen LogP contribution in [0.4, 0.5) is 0 Å². The molecule has 29 heavy (non-hydrogen) atoms. The van der Waals surface area contributed by atoms with Gasteiger partial charge >= 0.3 is 5.97 Å². The van der Waals surface area contributed by atoms with E-state index in [0.717, 1.165) is 14.7 Å². The summed E-state index contributed by atoms with van der Waals surface area (Å²) < 4.78 is 2.06. The summed E-state index contributed by atoms with van der Waals surface area (Å²) in [5, 5.41) is 39.5. The third-order valence-electron chi connectivity index (χ3n) is 5.19. The zero-order chi connectivity index (χ0) is 21.4. The molecule has 1 fully saturated rings. The lowest BCUT2D eigenvalue weighted by atomic mass is 9.89. The second kappa shape index (κ2) is 12.4. The van der Waals surface area contributed by atoms with Gasteiger partial charge in [0.25, 0.3) is 0 Å². The Morgan fingerprint density at radius 2 is 2.03 bits per heavy atom. The number of rotatable bonds is 11. The fraction of sp³-hybridized carbons (Fsp3) is 0.571. The summed E-state index contributed by atoms with van der Waals surface area (Å²) in [6.45, 7) is 0. The molecule has 1 aliphatic carbocycles. The number of aryl methyl sites for hydroxylation is 1. The summed E-state index contributed by atoms with van der Waals surface area (Å²) in [5.41, 5.74) is 0. The Kier molecular flexibility index (Phi) is 10.6. The van der Waals surface area contributed by atoms with Crippen LogP contribution in [0.3, 0.4) is 0 Å². The van der Waals surface area contributed by atoms with Gasteiger partial charge in [-0.25, -0.2) is 0 Å². The van der Waals surface area contributed by atoms with E-state index < -0.39 is 24.3 Å². The zero-order valence-corrected chi connectivity index (χ0v) is 20.1. The van der Waals surface area contributed by atoms with Crippen molar-refractivity contribution in [2.24, 2.45) is 11.8 Å². The van der Waals surface area contributed by atoms with E-state index in [2.05, 4.69) is 31.9 Å². The number of unbranched alkanes of at least 4 members (excludes halogenated alkanes) is 1. The number of aliphatic hydroxyl groups excluding tert-OH is 3. The van der Waals surface area contributed by atoms with E-state index in [-0.39, 0.29) is 18.3 Å². The van der Waals surface area contributed by atoms with E-state index in [4.69, 9.17) is 5.11 Å². The minimum absolute atomic E-state index is 0.103. The molecule has 162 valence electrons.